The summed E-state index contributed by atoms with van der Waals surface area (Å²) in [6, 6.07) is 48.2. The molecule has 6 heterocycles. The van der Waals surface area contributed by atoms with E-state index in [1.165, 1.54) is 33.4 Å². The molecule has 3 aromatic heterocycles. The maximum Gasteiger partial charge on any atom is 0.304 e. The average Bonchev–Trinajstić information content (AvgIpc) is 1.74. The number of carbonyl (C=O) groups is 6. The summed E-state index contributed by atoms with van der Waals surface area (Å²) in [5, 5.41) is 55.2. The van der Waals surface area contributed by atoms with E-state index < -0.39 is 17.9 Å². The molecule has 9 aromatic carbocycles. The lowest BCUT2D eigenvalue weighted by molar-refractivity contribution is -0.138. The first-order valence-electron chi connectivity index (χ1n) is 38.4. The molecule has 3 atom stereocenters. The van der Waals surface area contributed by atoms with Gasteiger partial charge in [-0.05, 0) is 274 Å². The van der Waals surface area contributed by atoms with E-state index in [-0.39, 0.29) is 54.7 Å². The molecule has 0 radical (unpaired) electrons. The molecule has 3 aliphatic heterocycles. The van der Waals surface area contributed by atoms with Crippen LogP contribution in [0.5, 0.6) is 0 Å². The van der Waals surface area contributed by atoms with Crippen molar-refractivity contribution in [3.8, 4) is 0 Å². The van der Waals surface area contributed by atoms with E-state index >= 15 is 0 Å². The molecule has 111 heavy (non-hydrogen) atoms. The zero-order valence-corrected chi connectivity index (χ0v) is 65.4. The second-order valence-corrected chi connectivity index (χ2v) is 30.0. The Bertz CT molecular complexity index is 5110. The van der Waals surface area contributed by atoms with Gasteiger partial charge < -0.3 is 30.0 Å². The van der Waals surface area contributed by atoms with Gasteiger partial charge in [-0.1, -0.05) is 107 Å². The van der Waals surface area contributed by atoms with Crippen molar-refractivity contribution >= 4 is 68.7 Å². The summed E-state index contributed by atoms with van der Waals surface area (Å²) in [6.07, 6.45) is 2.25. The van der Waals surface area contributed by atoms with Gasteiger partial charge in [0, 0.05) is 93.3 Å². The predicted molar refractivity (Wildman–Crippen MR) is 429 cm³/mol. The van der Waals surface area contributed by atoms with Crippen LogP contribution in [0.2, 0.25) is 0 Å². The van der Waals surface area contributed by atoms with Crippen LogP contribution in [-0.2, 0) is 72.9 Å². The van der Waals surface area contributed by atoms with E-state index in [1.807, 2.05) is 221 Å². The molecule has 21 heteroatoms. The predicted octanol–water partition coefficient (Wildman–Crippen LogP) is 15.5. The smallest absolute Gasteiger partial charge is 0.304 e. The van der Waals surface area contributed by atoms with Crippen LogP contribution in [-0.4, -0.2) is 130 Å². The Labute approximate surface area is 646 Å². The summed E-state index contributed by atoms with van der Waals surface area (Å²) in [5.74, 6) is -3.47. The van der Waals surface area contributed by atoms with Crippen LogP contribution < -0.4 is 0 Å². The summed E-state index contributed by atoms with van der Waals surface area (Å²) in [7, 11) is 0. The van der Waals surface area contributed by atoms with E-state index in [2.05, 4.69) is 67.3 Å². The molecule has 0 aliphatic carbocycles. The third kappa shape index (κ3) is 16.1. The number of carboxylic acid groups (broad SMARTS) is 3. The second kappa shape index (κ2) is 32.7. The number of carboxylic acids is 3. The quantitative estimate of drug-likeness (QED) is 0.0721. The van der Waals surface area contributed by atoms with Crippen molar-refractivity contribution in [3.63, 3.8) is 0 Å². The van der Waals surface area contributed by atoms with Gasteiger partial charge in [-0.15, -0.1) is 15.3 Å². The van der Waals surface area contributed by atoms with Crippen molar-refractivity contribution in [2.45, 2.75) is 179 Å². The zero-order valence-electron chi connectivity index (χ0n) is 65.4. The molecule has 12 aromatic rings. The number of aryl methyl sites for hydroxylation is 12. The van der Waals surface area contributed by atoms with Crippen LogP contribution in [0.25, 0.3) is 33.1 Å². The number of carbonyl (C=O) groups excluding carboxylic acids is 3. The molecule has 0 bridgehead atoms. The lowest BCUT2D eigenvalue weighted by Gasteiger charge is -2.30. The maximum atomic E-state index is 13.3. The van der Waals surface area contributed by atoms with Crippen molar-refractivity contribution in [1.29, 1.82) is 0 Å². The van der Waals surface area contributed by atoms with Crippen LogP contribution in [0.3, 0.4) is 0 Å². The molecule has 3 aliphatic rings. The Hall–Kier alpha value is -12.0. The highest BCUT2D eigenvalue weighted by Crippen LogP contribution is 2.40. The van der Waals surface area contributed by atoms with Gasteiger partial charge in [-0.3, -0.25) is 28.8 Å². The zero-order chi connectivity index (χ0) is 78.8. The maximum absolute atomic E-state index is 13.3. The number of hydrogen-bond acceptors (Lipinski definition) is 12. The van der Waals surface area contributed by atoms with Crippen LogP contribution in [0, 0.1) is 62.3 Å². The monoisotopic (exact) mass is 1490 g/mol. The fraction of sp³-hybridized carbons (Fsp3) is 0.333. The van der Waals surface area contributed by atoms with Crippen LogP contribution in [0.1, 0.15) is 206 Å². The molecule has 3 N–H and O–H groups in total. The van der Waals surface area contributed by atoms with Gasteiger partial charge in [0.05, 0.1) is 35.8 Å². The Morgan fingerprint density at radius 1 is 0.333 bits per heavy atom. The Morgan fingerprint density at radius 2 is 0.604 bits per heavy atom. The Kier molecular flexibility index (Phi) is 22.7. The molecule has 3 amide bonds. The number of fused-ring (bicyclic) bond motifs is 6. The average molecular weight is 1490 g/mol. The van der Waals surface area contributed by atoms with Crippen molar-refractivity contribution in [3.05, 3.63) is 279 Å². The van der Waals surface area contributed by atoms with E-state index in [0.29, 0.717) is 56.0 Å². The molecule has 1 unspecified atom stereocenters. The number of hydrogen-bond donors (Lipinski definition) is 3. The van der Waals surface area contributed by atoms with Gasteiger partial charge in [0.1, 0.15) is 16.6 Å². The van der Waals surface area contributed by atoms with Crippen molar-refractivity contribution < 1.29 is 44.1 Å². The molecule has 15 rings (SSSR count). The number of rotatable bonds is 18. The highest BCUT2D eigenvalue weighted by atomic mass is 16.4. The minimum absolute atomic E-state index is 0.0292. The number of aromatic nitrogens is 9. The van der Waals surface area contributed by atoms with Gasteiger partial charge >= 0.3 is 17.9 Å². The first-order valence-corrected chi connectivity index (χ1v) is 38.4. The number of aliphatic carboxylic acids is 3. The third-order valence-electron chi connectivity index (χ3n) is 23.2. The highest BCUT2D eigenvalue weighted by molar-refractivity contribution is 5.96. The molecular formula is C90H96N12O9. The van der Waals surface area contributed by atoms with Crippen LogP contribution in [0.4, 0.5) is 0 Å². The molecule has 0 spiro atoms. The summed E-state index contributed by atoms with van der Waals surface area (Å²) >= 11 is 0. The minimum Gasteiger partial charge on any atom is -0.481 e. The summed E-state index contributed by atoms with van der Waals surface area (Å²) < 4.78 is 5.54. The molecule has 21 nitrogen and oxygen atoms in total. The SMILES string of the molecule is CCn1nnc2c(C)c(C(CC(=O)O)c3ccc4c(c3)CN(C(=O)c3ccc(C)c(C)c3)CC4)ccc21.CCn1nnc2c(C)c([C@@H](CC(=O)O)c3ccc4c(c3)CN(C(=O)c3ccc(C)c(C)c3)CC4)ccc21.CCn1nnc2c(C)c([C@H](CC(=O)O)c3ccc4c(c3)CN(C(=O)c3ccc(C)c(C)c3)CC4)ccc21. The van der Waals surface area contributed by atoms with Crippen molar-refractivity contribution in [2.75, 3.05) is 19.6 Å². The first kappa shape index (κ1) is 77.2. The number of benzene rings is 9. The number of amides is 3. The first-order chi connectivity index (χ1) is 53.3. The van der Waals surface area contributed by atoms with Gasteiger partial charge in [0.25, 0.3) is 17.7 Å². The molecule has 0 saturated carbocycles. The largest absolute Gasteiger partial charge is 0.481 e. The minimum atomic E-state index is -0.856. The molecule has 0 fully saturated rings. The fourth-order valence-electron chi connectivity index (χ4n) is 16.2. The van der Waals surface area contributed by atoms with Gasteiger partial charge in [0.15, 0.2) is 0 Å². The summed E-state index contributed by atoms with van der Waals surface area (Å²) in [6.45, 7) is 29.9. The number of nitrogens with zero attached hydrogens (tertiary/aromatic N) is 12. The van der Waals surface area contributed by atoms with Gasteiger partial charge in [-0.2, -0.15) is 0 Å². The van der Waals surface area contributed by atoms with E-state index in [4.69, 9.17) is 0 Å². The topological polar surface area (TPSA) is 265 Å². The summed E-state index contributed by atoms with van der Waals surface area (Å²) in [5.41, 5.74) is 29.5. The van der Waals surface area contributed by atoms with E-state index in [0.717, 1.165) is 155 Å². The lowest BCUT2D eigenvalue weighted by atomic mass is 9.83. The third-order valence-corrected chi connectivity index (χ3v) is 23.2. The lowest BCUT2D eigenvalue weighted by Crippen LogP contribution is -2.36. The summed E-state index contributed by atoms with van der Waals surface area (Å²) in [4.78, 5) is 81.3. The highest BCUT2D eigenvalue weighted by Gasteiger charge is 2.32. The van der Waals surface area contributed by atoms with Crippen molar-refractivity contribution in [1.82, 2.24) is 59.7 Å². The second-order valence-electron chi connectivity index (χ2n) is 30.0. The van der Waals surface area contributed by atoms with E-state index in [9.17, 15) is 44.1 Å². The van der Waals surface area contributed by atoms with Gasteiger partial charge in [-0.25, -0.2) is 14.0 Å². The standard InChI is InChI=1S/3C30H32N4O3/c3*1-5-34-27-11-10-25(20(4)29(27)31-32-34)26(16-28(35)36)22-9-8-21-12-13-33(17-24(21)15-22)30(37)23-7-6-18(2)19(3)14-23/h3*6-11,14-15,26H,5,12-13,16-17H2,1-4H3,(H,35,36)/t2*26-;/m10./s1. The van der Waals surface area contributed by atoms with E-state index in [1.54, 1.807) is 0 Å². The molecular weight excluding hydrogens is 1390 g/mol. The normalized spacial score (nSPS) is 14.0. The molecule has 0 saturated heterocycles. The van der Waals surface area contributed by atoms with Crippen molar-refractivity contribution in [2.24, 2.45) is 0 Å². The van der Waals surface area contributed by atoms with Crippen LogP contribution in [0.15, 0.2) is 146 Å². The Balaban J connectivity index is 0.000000146. The Morgan fingerprint density at radius 3 is 0.847 bits per heavy atom. The van der Waals surface area contributed by atoms with Crippen LogP contribution >= 0.6 is 0 Å². The van der Waals surface area contributed by atoms with Gasteiger partial charge in [0.2, 0.25) is 0 Å². The fourth-order valence-corrected chi connectivity index (χ4v) is 16.2. The molecule has 570 valence electrons.